The third kappa shape index (κ3) is 5.03. The molecule has 0 radical (unpaired) electrons. The fourth-order valence-electron chi connectivity index (χ4n) is 4.54. The summed E-state index contributed by atoms with van der Waals surface area (Å²) in [6.45, 7) is 2.63. The minimum atomic E-state index is 0.605. The van der Waals surface area contributed by atoms with Crippen LogP contribution in [0, 0.1) is 0 Å². The molecule has 7 heteroatoms. The first-order valence-electron chi connectivity index (χ1n) is 12.4. The molecule has 0 amide bonds. The summed E-state index contributed by atoms with van der Waals surface area (Å²) in [6, 6.07) is 28.3. The van der Waals surface area contributed by atoms with Crippen molar-refractivity contribution in [2.75, 3.05) is 48.4 Å². The quantitative estimate of drug-likeness (QED) is 0.122. The molecule has 184 valence electrons. The zero-order valence-electron chi connectivity index (χ0n) is 20.4. The molecule has 6 N–H and O–H groups in total. The molecule has 2 heterocycles. The summed E-state index contributed by atoms with van der Waals surface area (Å²) in [5.41, 5.74) is 19.0. The molecule has 0 unspecified atom stereocenters. The molecule has 37 heavy (non-hydrogen) atoms. The predicted octanol–water partition coefficient (Wildman–Crippen LogP) is 5.79. The second-order valence-electron chi connectivity index (χ2n) is 9.16. The van der Waals surface area contributed by atoms with Crippen LogP contribution >= 0.6 is 0 Å². The minimum Gasteiger partial charge on any atom is -0.399 e. The number of rotatable bonds is 8. The number of anilines is 4. The van der Waals surface area contributed by atoms with Gasteiger partial charge in [0.1, 0.15) is 0 Å². The van der Waals surface area contributed by atoms with E-state index in [2.05, 4.69) is 59.2 Å². The maximum absolute atomic E-state index is 5.91. The van der Waals surface area contributed by atoms with E-state index >= 15 is 0 Å². The second-order valence-corrected chi connectivity index (χ2v) is 9.16. The Hall–Kier alpha value is -4.62. The molecular weight excluding hydrogens is 460 g/mol. The predicted molar refractivity (Wildman–Crippen MR) is 155 cm³/mol. The van der Waals surface area contributed by atoms with Gasteiger partial charge in [-0.1, -0.05) is 24.3 Å². The van der Waals surface area contributed by atoms with Crippen LogP contribution in [0.1, 0.15) is 0 Å². The Morgan fingerprint density at radius 1 is 0.514 bits per heavy atom. The van der Waals surface area contributed by atoms with Gasteiger partial charge in [-0.15, -0.1) is 0 Å². The molecule has 4 aromatic carbocycles. The van der Waals surface area contributed by atoms with Gasteiger partial charge >= 0.3 is 0 Å². The van der Waals surface area contributed by atoms with Crippen LogP contribution in [0.5, 0.6) is 0 Å². The Balaban J connectivity index is 0.991. The number of ether oxygens (including phenoxy) is 1. The first-order valence-corrected chi connectivity index (χ1v) is 12.4. The van der Waals surface area contributed by atoms with E-state index in [4.69, 9.17) is 26.2 Å². The second kappa shape index (κ2) is 9.79. The monoisotopic (exact) mass is 488 g/mol. The zero-order chi connectivity index (χ0) is 25.2. The molecular formula is C30H28N6O. The van der Waals surface area contributed by atoms with Gasteiger partial charge in [0.05, 0.1) is 35.3 Å². The molecule has 6 aromatic rings. The van der Waals surface area contributed by atoms with E-state index in [9.17, 15) is 0 Å². The van der Waals surface area contributed by atoms with Crippen LogP contribution in [0.4, 0.5) is 22.7 Å². The Morgan fingerprint density at radius 3 is 1.38 bits per heavy atom. The van der Waals surface area contributed by atoms with Gasteiger partial charge in [0.2, 0.25) is 0 Å². The topological polar surface area (TPSA) is 111 Å². The van der Waals surface area contributed by atoms with Crippen molar-refractivity contribution in [1.82, 2.24) is 9.97 Å². The summed E-state index contributed by atoms with van der Waals surface area (Å²) < 4.78 is 5.81. The Morgan fingerprint density at radius 2 is 0.919 bits per heavy atom. The van der Waals surface area contributed by atoms with Crippen molar-refractivity contribution < 1.29 is 4.74 Å². The third-order valence-electron chi connectivity index (χ3n) is 6.42. The molecule has 7 nitrogen and oxygen atoms in total. The normalized spacial score (nSPS) is 11.5. The molecule has 2 aromatic heterocycles. The van der Waals surface area contributed by atoms with Crippen LogP contribution in [-0.2, 0) is 4.74 Å². The van der Waals surface area contributed by atoms with Gasteiger partial charge in [0, 0.05) is 57.4 Å². The molecule has 0 aliphatic rings. The molecule has 0 spiro atoms. The van der Waals surface area contributed by atoms with Crippen LogP contribution in [0.15, 0.2) is 84.9 Å². The van der Waals surface area contributed by atoms with Gasteiger partial charge in [0.25, 0.3) is 0 Å². The number of pyridine rings is 2. The van der Waals surface area contributed by atoms with Gasteiger partial charge in [-0.25, -0.2) is 9.97 Å². The minimum absolute atomic E-state index is 0.605. The number of aromatic nitrogens is 2. The highest BCUT2D eigenvalue weighted by Crippen LogP contribution is 2.25. The van der Waals surface area contributed by atoms with Crippen molar-refractivity contribution in [3.8, 4) is 0 Å². The van der Waals surface area contributed by atoms with Crippen molar-refractivity contribution in [2.45, 2.75) is 0 Å². The van der Waals surface area contributed by atoms with Crippen LogP contribution in [0.3, 0.4) is 0 Å². The number of fused-ring (bicyclic) bond motifs is 4. The smallest absolute Gasteiger partial charge is 0.0730 e. The average Bonchev–Trinajstić information content (AvgIpc) is 2.90. The van der Waals surface area contributed by atoms with E-state index in [0.717, 1.165) is 66.4 Å². The van der Waals surface area contributed by atoms with E-state index in [-0.39, 0.29) is 0 Å². The van der Waals surface area contributed by atoms with Gasteiger partial charge < -0.3 is 26.8 Å². The van der Waals surface area contributed by atoms with Gasteiger partial charge in [-0.05, 0) is 60.7 Å². The van der Waals surface area contributed by atoms with E-state index < -0.39 is 0 Å². The molecule has 0 aliphatic carbocycles. The molecule has 6 rings (SSSR count). The van der Waals surface area contributed by atoms with Crippen LogP contribution < -0.4 is 22.1 Å². The third-order valence-corrected chi connectivity index (χ3v) is 6.42. The average molecular weight is 489 g/mol. The lowest BCUT2D eigenvalue weighted by atomic mass is 10.1. The largest absolute Gasteiger partial charge is 0.399 e. The summed E-state index contributed by atoms with van der Waals surface area (Å²) in [5, 5.41) is 11.2. The highest BCUT2D eigenvalue weighted by molar-refractivity contribution is 5.96. The van der Waals surface area contributed by atoms with Gasteiger partial charge in [0.15, 0.2) is 0 Å². The van der Waals surface area contributed by atoms with E-state index in [1.54, 1.807) is 0 Å². The van der Waals surface area contributed by atoms with Crippen molar-refractivity contribution >= 4 is 66.4 Å². The number of nitrogens with zero attached hydrogens (tertiary/aromatic N) is 2. The number of hydrogen-bond donors (Lipinski definition) is 4. The van der Waals surface area contributed by atoms with E-state index in [1.165, 1.54) is 0 Å². The van der Waals surface area contributed by atoms with Crippen molar-refractivity contribution in [1.29, 1.82) is 0 Å². The number of nitrogens with two attached hydrogens (primary N) is 2. The summed E-state index contributed by atoms with van der Waals surface area (Å²) >= 11 is 0. The number of benzene rings is 4. The highest BCUT2D eigenvalue weighted by atomic mass is 16.5. The lowest BCUT2D eigenvalue weighted by Gasteiger charge is -2.10. The van der Waals surface area contributed by atoms with Crippen molar-refractivity contribution in [3.63, 3.8) is 0 Å². The van der Waals surface area contributed by atoms with Gasteiger partial charge in [-0.3, -0.25) is 0 Å². The summed E-state index contributed by atoms with van der Waals surface area (Å²) in [5.74, 6) is 0. The maximum Gasteiger partial charge on any atom is 0.0730 e. The van der Waals surface area contributed by atoms with E-state index in [1.807, 2.05) is 36.4 Å². The Labute approximate surface area is 214 Å². The molecule has 0 atom stereocenters. The molecule has 0 saturated carbocycles. The summed E-state index contributed by atoms with van der Waals surface area (Å²) in [4.78, 5) is 9.53. The first-order chi connectivity index (χ1) is 18.1. The lowest BCUT2D eigenvalue weighted by molar-refractivity contribution is 0.154. The van der Waals surface area contributed by atoms with Crippen LogP contribution in [-0.4, -0.2) is 36.3 Å². The van der Waals surface area contributed by atoms with Crippen molar-refractivity contribution in [3.05, 3.63) is 84.9 Å². The lowest BCUT2D eigenvalue weighted by Crippen LogP contribution is -2.14. The number of nitrogen functional groups attached to an aromatic ring is 2. The fraction of sp³-hybridized carbons (Fsp3) is 0.133. The van der Waals surface area contributed by atoms with Crippen LogP contribution in [0.2, 0.25) is 0 Å². The van der Waals surface area contributed by atoms with Gasteiger partial charge in [-0.2, -0.15) is 0 Å². The molecule has 0 fully saturated rings. The van der Waals surface area contributed by atoms with Crippen molar-refractivity contribution in [2.24, 2.45) is 0 Å². The first kappa shape index (κ1) is 22.8. The zero-order valence-corrected chi connectivity index (χ0v) is 20.4. The highest BCUT2D eigenvalue weighted by Gasteiger charge is 2.04. The van der Waals surface area contributed by atoms with Crippen LogP contribution in [0.25, 0.3) is 43.6 Å². The van der Waals surface area contributed by atoms with E-state index in [0.29, 0.717) is 26.3 Å². The Bertz CT molecular complexity index is 1620. The summed E-state index contributed by atoms with van der Waals surface area (Å²) in [7, 11) is 0. The SMILES string of the molecule is Nc1ccc2cc3ccc(NCCOCCNc4ccc5cc6ccc(N)cc6nc5c4)cc3nc2c1. The number of hydrogen-bond acceptors (Lipinski definition) is 7. The fourth-order valence-corrected chi connectivity index (χ4v) is 4.54. The standard InChI is InChI=1S/C30H28N6O/c31-23-5-1-19-13-21-3-7-25(17-29(21)35-27(19)15-23)33-9-11-37-12-10-34-26-8-4-22-14-20-2-6-24(32)16-28(20)36-30(22)18-26/h1-8,13-18,33-34H,9-12,31-32H2. The Kier molecular flexibility index (Phi) is 6.04. The number of nitrogens with one attached hydrogen (secondary N) is 2. The molecule has 0 bridgehead atoms. The molecule has 0 aliphatic heterocycles. The maximum atomic E-state index is 5.91. The summed E-state index contributed by atoms with van der Waals surface area (Å²) in [6.07, 6.45) is 0. The molecule has 0 saturated heterocycles.